The van der Waals surface area contributed by atoms with Crippen molar-refractivity contribution in [3.05, 3.63) is 33.7 Å². The molecule has 0 aromatic carbocycles. The number of carbonyl (C=O) groups is 1. The Labute approximate surface area is 102 Å². The fraction of sp³-hybridized carbons (Fsp3) is 0.273. The van der Waals surface area contributed by atoms with Crippen LogP contribution in [0.5, 0.6) is 0 Å². The van der Waals surface area contributed by atoms with E-state index in [0.717, 1.165) is 21.4 Å². The summed E-state index contributed by atoms with van der Waals surface area (Å²) in [6.45, 7) is 3.81. The highest BCUT2D eigenvalue weighted by Crippen LogP contribution is 2.20. The van der Waals surface area contributed by atoms with Gasteiger partial charge in [0, 0.05) is 17.7 Å². The van der Waals surface area contributed by atoms with Crippen molar-refractivity contribution < 1.29 is 4.79 Å². The second-order valence-corrected chi connectivity index (χ2v) is 4.58. The number of nitrogens with zero attached hydrogens (tertiary/aromatic N) is 2. The fourth-order valence-corrected chi connectivity index (χ4v) is 2.32. The Bertz CT molecular complexity index is 574. The van der Waals surface area contributed by atoms with Gasteiger partial charge in [-0.15, -0.1) is 0 Å². The van der Waals surface area contributed by atoms with E-state index in [1.807, 2.05) is 30.5 Å². The lowest BCUT2D eigenvalue weighted by atomic mass is 10.3. The average molecular weight is 282 g/mol. The summed E-state index contributed by atoms with van der Waals surface area (Å²) in [6.07, 6.45) is 1.85. The maximum atomic E-state index is 11.7. The molecule has 2 heterocycles. The minimum atomic E-state index is -0.123. The molecule has 0 bridgehead atoms. The Kier molecular flexibility index (Phi) is 2.71. The van der Waals surface area contributed by atoms with E-state index in [1.165, 1.54) is 0 Å². The van der Waals surface area contributed by atoms with Crippen LogP contribution in [0.2, 0.25) is 0 Å². The van der Waals surface area contributed by atoms with Gasteiger partial charge in [-0.25, -0.2) is 4.98 Å². The van der Waals surface area contributed by atoms with E-state index in [2.05, 4.69) is 26.2 Å². The van der Waals surface area contributed by atoms with Gasteiger partial charge in [0.05, 0.1) is 5.69 Å². The van der Waals surface area contributed by atoms with E-state index < -0.39 is 0 Å². The summed E-state index contributed by atoms with van der Waals surface area (Å²) < 4.78 is 2.74. The minimum absolute atomic E-state index is 0.123. The molecule has 0 aliphatic carbocycles. The topological polar surface area (TPSA) is 46.4 Å². The molecule has 0 saturated heterocycles. The molecule has 0 unspecified atom stereocenters. The lowest BCUT2D eigenvalue weighted by Gasteiger charge is -2.03. The summed E-state index contributed by atoms with van der Waals surface area (Å²) in [5, 5.41) is 2.62. The van der Waals surface area contributed by atoms with Gasteiger partial charge in [0.25, 0.3) is 5.91 Å². The molecule has 0 atom stereocenters. The first-order valence-corrected chi connectivity index (χ1v) is 5.70. The third-order valence-electron chi connectivity index (χ3n) is 2.49. The van der Waals surface area contributed by atoms with Crippen LogP contribution in [0.3, 0.4) is 0 Å². The van der Waals surface area contributed by atoms with Gasteiger partial charge in [0.15, 0.2) is 0 Å². The van der Waals surface area contributed by atoms with Crippen molar-refractivity contribution in [3.63, 3.8) is 0 Å². The number of aryl methyl sites for hydroxylation is 2. The maximum Gasteiger partial charge on any atom is 0.269 e. The fourth-order valence-electron chi connectivity index (χ4n) is 1.77. The van der Waals surface area contributed by atoms with Gasteiger partial charge in [-0.1, -0.05) is 0 Å². The SMILES string of the molecule is CNC(=O)c1c(C)nc2c(C)cc(Br)cn12. The highest BCUT2D eigenvalue weighted by Gasteiger charge is 2.16. The van der Waals surface area contributed by atoms with Gasteiger partial charge in [0.2, 0.25) is 0 Å². The number of pyridine rings is 1. The molecule has 4 nitrogen and oxygen atoms in total. The molecule has 0 radical (unpaired) electrons. The number of carbonyl (C=O) groups excluding carboxylic acids is 1. The Morgan fingerprint density at radius 2 is 2.19 bits per heavy atom. The highest BCUT2D eigenvalue weighted by atomic mass is 79.9. The van der Waals surface area contributed by atoms with Crippen LogP contribution in [-0.4, -0.2) is 22.3 Å². The Balaban J connectivity index is 2.83. The number of halogens is 1. The highest BCUT2D eigenvalue weighted by molar-refractivity contribution is 9.10. The number of hydrogen-bond acceptors (Lipinski definition) is 2. The Morgan fingerprint density at radius 3 is 2.81 bits per heavy atom. The lowest BCUT2D eigenvalue weighted by molar-refractivity contribution is 0.0956. The van der Waals surface area contributed by atoms with Crippen LogP contribution in [0, 0.1) is 13.8 Å². The monoisotopic (exact) mass is 281 g/mol. The van der Waals surface area contributed by atoms with E-state index in [9.17, 15) is 4.79 Å². The molecule has 2 aromatic heterocycles. The van der Waals surface area contributed by atoms with Gasteiger partial charge < -0.3 is 5.32 Å². The number of nitrogens with one attached hydrogen (secondary N) is 1. The lowest BCUT2D eigenvalue weighted by Crippen LogP contribution is -2.20. The number of aromatic nitrogens is 2. The van der Waals surface area contributed by atoms with Crippen molar-refractivity contribution in [3.8, 4) is 0 Å². The second-order valence-electron chi connectivity index (χ2n) is 3.66. The molecular weight excluding hydrogens is 270 g/mol. The molecule has 1 N–H and O–H groups in total. The van der Waals surface area contributed by atoms with Gasteiger partial charge in [0.1, 0.15) is 11.3 Å². The van der Waals surface area contributed by atoms with Crippen molar-refractivity contribution in [1.82, 2.24) is 14.7 Å². The summed E-state index contributed by atoms with van der Waals surface area (Å²) in [5.74, 6) is -0.123. The van der Waals surface area contributed by atoms with Crippen LogP contribution in [0.4, 0.5) is 0 Å². The van der Waals surface area contributed by atoms with Crippen molar-refractivity contribution >= 4 is 27.5 Å². The van der Waals surface area contributed by atoms with E-state index in [-0.39, 0.29) is 5.91 Å². The molecule has 0 fully saturated rings. The van der Waals surface area contributed by atoms with Crippen LogP contribution >= 0.6 is 15.9 Å². The first-order valence-electron chi connectivity index (χ1n) is 4.91. The van der Waals surface area contributed by atoms with Crippen LogP contribution in [-0.2, 0) is 0 Å². The molecule has 0 spiro atoms. The number of amides is 1. The third kappa shape index (κ3) is 1.61. The summed E-state index contributed by atoms with van der Waals surface area (Å²) in [6, 6.07) is 1.98. The van der Waals surface area contributed by atoms with Crippen molar-refractivity contribution in [2.24, 2.45) is 0 Å². The summed E-state index contributed by atoms with van der Waals surface area (Å²) in [7, 11) is 1.62. The van der Waals surface area contributed by atoms with Crippen LogP contribution in [0.15, 0.2) is 16.7 Å². The van der Waals surface area contributed by atoms with Crippen LogP contribution in [0.25, 0.3) is 5.65 Å². The van der Waals surface area contributed by atoms with E-state index in [4.69, 9.17) is 0 Å². The molecule has 2 aromatic rings. The zero-order valence-corrected chi connectivity index (χ0v) is 10.9. The normalized spacial score (nSPS) is 10.8. The van der Waals surface area contributed by atoms with Crippen molar-refractivity contribution in [1.29, 1.82) is 0 Å². The first kappa shape index (κ1) is 11.1. The van der Waals surface area contributed by atoms with Crippen LogP contribution in [0.1, 0.15) is 21.7 Å². The van der Waals surface area contributed by atoms with E-state index >= 15 is 0 Å². The molecule has 0 aliphatic heterocycles. The Hall–Kier alpha value is -1.36. The molecule has 16 heavy (non-hydrogen) atoms. The summed E-state index contributed by atoms with van der Waals surface area (Å²) in [4.78, 5) is 16.1. The summed E-state index contributed by atoms with van der Waals surface area (Å²) in [5.41, 5.74) is 3.18. The van der Waals surface area contributed by atoms with Gasteiger partial charge in [-0.3, -0.25) is 9.20 Å². The van der Waals surface area contributed by atoms with Crippen LogP contribution < -0.4 is 5.32 Å². The van der Waals surface area contributed by atoms with Crippen molar-refractivity contribution in [2.45, 2.75) is 13.8 Å². The molecule has 0 aliphatic rings. The zero-order chi connectivity index (χ0) is 11.9. The van der Waals surface area contributed by atoms with Crippen molar-refractivity contribution in [2.75, 3.05) is 7.05 Å². The standard InChI is InChI=1S/C11H12BrN3O/c1-6-4-8(12)5-15-9(11(16)13-3)7(2)14-10(6)15/h4-5H,1-3H3,(H,13,16). The zero-order valence-electron chi connectivity index (χ0n) is 9.34. The number of fused-ring (bicyclic) bond motifs is 1. The predicted molar refractivity (Wildman–Crippen MR) is 65.8 cm³/mol. The summed E-state index contributed by atoms with van der Waals surface area (Å²) >= 11 is 3.42. The van der Waals surface area contributed by atoms with E-state index in [1.54, 1.807) is 7.05 Å². The van der Waals surface area contributed by atoms with Gasteiger partial charge in [-0.05, 0) is 41.4 Å². The maximum absolute atomic E-state index is 11.7. The predicted octanol–water partition coefficient (Wildman–Crippen LogP) is 2.07. The average Bonchev–Trinajstić information content (AvgIpc) is 2.54. The smallest absolute Gasteiger partial charge is 0.269 e. The number of hydrogen-bond donors (Lipinski definition) is 1. The molecule has 0 saturated carbocycles. The molecule has 2 rings (SSSR count). The van der Waals surface area contributed by atoms with Gasteiger partial charge in [-0.2, -0.15) is 0 Å². The van der Waals surface area contributed by atoms with E-state index in [0.29, 0.717) is 5.69 Å². The molecular formula is C11H12BrN3O. The van der Waals surface area contributed by atoms with Gasteiger partial charge >= 0.3 is 0 Å². The first-order chi connectivity index (χ1) is 7.54. The Morgan fingerprint density at radius 1 is 1.50 bits per heavy atom. The largest absolute Gasteiger partial charge is 0.354 e. The molecule has 5 heteroatoms. The number of rotatable bonds is 1. The second kappa shape index (κ2) is 3.90. The third-order valence-corrected chi connectivity index (χ3v) is 2.92. The molecule has 1 amide bonds. The minimum Gasteiger partial charge on any atom is -0.354 e. The quantitative estimate of drug-likeness (QED) is 0.870. The number of imidazole rings is 1. The molecule has 84 valence electrons.